The van der Waals surface area contributed by atoms with Crippen LogP contribution in [0.4, 0.5) is 0 Å². The van der Waals surface area contributed by atoms with Gasteiger partial charge in [0, 0.05) is 26.1 Å². The highest BCUT2D eigenvalue weighted by Crippen LogP contribution is 2.58. The van der Waals surface area contributed by atoms with E-state index in [-0.39, 0.29) is 11.8 Å². The number of halogens is 1. The van der Waals surface area contributed by atoms with E-state index >= 15 is 0 Å². The van der Waals surface area contributed by atoms with Crippen LogP contribution in [0.25, 0.3) is 0 Å². The summed E-state index contributed by atoms with van der Waals surface area (Å²) in [5, 5.41) is 0.600. The molecule has 0 N–H and O–H groups in total. The lowest BCUT2D eigenvalue weighted by Gasteiger charge is -2.34. The molecule has 0 aromatic rings. The SMILES string of the molecule is COP(=O)(OC)OC1=C(Cl)[C@H]2C=CC[C@@H]12. The number of fused-ring (bicyclic) bond motifs is 1. The van der Waals surface area contributed by atoms with Crippen molar-refractivity contribution in [1.82, 2.24) is 0 Å². The number of phosphoric acid groups is 1. The van der Waals surface area contributed by atoms with Crippen LogP contribution < -0.4 is 0 Å². The summed E-state index contributed by atoms with van der Waals surface area (Å²) in [6.45, 7) is 0. The van der Waals surface area contributed by atoms with Gasteiger partial charge < -0.3 is 4.52 Å². The summed E-state index contributed by atoms with van der Waals surface area (Å²) in [5.41, 5.74) is 0. The van der Waals surface area contributed by atoms with Crippen molar-refractivity contribution in [3.05, 3.63) is 22.9 Å². The van der Waals surface area contributed by atoms with E-state index in [0.29, 0.717) is 10.8 Å². The molecule has 0 aromatic heterocycles. The average Bonchev–Trinajstić information content (AvgIpc) is 2.70. The summed E-state index contributed by atoms with van der Waals surface area (Å²) in [6.07, 6.45) is 4.94. The summed E-state index contributed by atoms with van der Waals surface area (Å²) in [6, 6.07) is 0. The molecule has 0 unspecified atom stereocenters. The number of hydrogen-bond donors (Lipinski definition) is 0. The number of allylic oxidation sites excluding steroid dienone is 4. The number of hydrogen-bond acceptors (Lipinski definition) is 4. The van der Waals surface area contributed by atoms with Crippen molar-refractivity contribution in [3.8, 4) is 0 Å². The van der Waals surface area contributed by atoms with Gasteiger partial charge >= 0.3 is 7.82 Å². The fraction of sp³-hybridized carbons (Fsp3) is 0.556. The Morgan fingerprint density at radius 2 is 2.13 bits per heavy atom. The van der Waals surface area contributed by atoms with Crippen LogP contribution in [0.15, 0.2) is 22.9 Å². The van der Waals surface area contributed by atoms with E-state index in [0.717, 1.165) is 6.42 Å². The van der Waals surface area contributed by atoms with Gasteiger partial charge in [0.05, 0.1) is 5.03 Å². The van der Waals surface area contributed by atoms with Gasteiger partial charge in [-0.3, -0.25) is 9.05 Å². The maximum absolute atomic E-state index is 11.7. The van der Waals surface area contributed by atoms with E-state index in [9.17, 15) is 4.57 Å². The lowest BCUT2D eigenvalue weighted by molar-refractivity contribution is 0.155. The van der Waals surface area contributed by atoms with Crippen molar-refractivity contribution in [1.29, 1.82) is 0 Å². The third kappa shape index (κ3) is 1.76. The van der Waals surface area contributed by atoms with Crippen molar-refractivity contribution in [2.24, 2.45) is 11.8 Å². The van der Waals surface area contributed by atoms with Crippen LogP contribution in [0.5, 0.6) is 0 Å². The molecule has 15 heavy (non-hydrogen) atoms. The van der Waals surface area contributed by atoms with Gasteiger partial charge in [-0.2, -0.15) is 0 Å². The molecule has 0 amide bonds. The van der Waals surface area contributed by atoms with Crippen molar-refractivity contribution >= 4 is 19.4 Å². The maximum atomic E-state index is 11.7. The molecule has 0 aromatic carbocycles. The Morgan fingerprint density at radius 3 is 2.73 bits per heavy atom. The third-order valence-corrected chi connectivity index (χ3v) is 4.44. The molecule has 2 atom stereocenters. The molecular weight excluding hydrogens is 239 g/mol. The second kappa shape index (κ2) is 3.95. The molecule has 2 rings (SSSR count). The lowest BCUT2D eigenvalue weighted by Crippen LogP contribution is -2.25. The average molecular weight is 251 g/mol. The van der Waals surface area contributed by atoms with E-state index in [1.165, 1.54) is 14.2 Å². The second-order valence-electron chi connectivity index (χ2n) is 3.41. The molecule has 0 saturated carbocycles. The van der Waals surface area contributed by atoms with Gasteiger partial charge in [0.25, 0.3) is 0 Å². The molecule has 0 spiro atoms. The second-order valence-corrected chi connectivity index (χ2v) is 5.63. The standard InChI is InChI=1S/C9H12ClO4P/c1-12-15(11,13-2)14-9-7-5-3-4-6(7)8(9)10/h3-4,6-7H,5H2,1-2H3/t6-,7+/m0/s1. The third-order valence-electron chi connectivity index (χ3n) is 2.69. The number of phosphoric ester groups is 1. The molecule has 4 nitrogen and oxygen atoms in total. The predicted molar refractivity (Wildman–Crippen MR) is 56.3 cm³/mol. The molecule has 0 saturated heterocycles. The fourth-order valence-electron chi connectivity index (χ4n) is 1.81. The first-order chi connectivity index (χ1) is 7.11. The van der Waals surface area contributed by atoms with Crippen LogP contribution >= 0.6 is 19.4 Å². The fourth-order valence-corrected chi connectivity index (χ4v) is 3.04. The summed E-state index contributed by atoms with van der Waals surface area (Å²) in [7, 11) is -0.900. The Labute approximate surface area is 93.5 Å². The Hall–Kier alpha value is -0.280. The normalized spacial score (nSPS) is 29.0. The molecule has 2 aliphatic carbocycles. The molecule has 0 fully saturated rings. The van der Waals surface area contributed by atoms with Gasteiger partial charge in [-0.1, -0.05) is 23.8 Å². The van der Waals surface area contributed by atoms with Crippen LogP contribution in [-0.2, 0) is 18.1 Å². The van der Waals surface area contributed by atoms with E-state index < -0.39 is 7.82 Å². The minimum absolute atomic E-state index is 0.205. The maximum Gasteiger partial charge on any atom is 0.529 e. The zero-order valence-electron chi connectivity index (χ0n) is 8.47. The topological polar surface area (TPSA) is 44.8 Å². The molecule has 0 heterocycles. The van der Waals surface area contributed by atoms with E-state index in [2.05, 4.69) is 9.05 Å². The van der Waals surface area contributed by atoms with Gasteiger partial charge in [0.15, 0.2) is 0 Å². The first-order valence-corrected chi connectivity index (χ1v) is 6.42. The zero-order valence-corrected chi connectivity index (χ0v) is 10.1. The Balaban J connectivity index is 2.12. The Bertz CT molecular complexity index is 368. The minimum Gasteiger partial charge on any atom is -0.407 e. The first-order valence-electron chi connectivity index (χ1n) is 4.58. The lowest BCUT2D eigenvalue weighted by atomic mass is 9.82. The highest BCUT2D eigenvalue weighted by molar-refractivity contribution is 7.48. The van der Waals surface area contributed by atoms with Gasteiger partial charge in [0.2, 0.25) is 0 Å². The zero-order chi connectivity index (χ0) is 11.1. The quantitative estimate of drug-likeness (QED) is 0.568. The molecule has 0 bridgehead atoms. The van der Waals surface area contributed by atoms with Crippen molar-refractivity contribution in [2.45, 2.75) is 6.42 Å². The van der Waals surface area contributed by atoms with E-state index in [1.807, 2.05) is 12.2 Å². The van der Waals surface area contributed by atoms with Crippen molar-refractivity contribution < 1.29 is 18.1 Å². The highest BCUT2D eigenvalue weighted by atomic mass is 35.5. The summed E-state index contributed by atoms with van der Waals surface area (Å²) >= 11 is 6.01. The van der Waals surface area contributed by atoms with Crippen LogP contribution in [-0.4, -0.2) is 14.2 Å². The molecule has 2 aliphatic rings. The minimum atomic E-state index is -3.46. The van der Waals surface area contributed by atoms with Crippen LogP contribution in [0.2, 0.25) is 0 Å². The molecular formula is C9H12ClO4P. The largest absolute Gasteiger partial charge is 0.529 e. The van der Waals surface area contributed by atoms with Gasteiger partial charge in [-0.05, 0) is 6.42 Å². The molecule has 84 valence electrons. The molecule has 6 heteroatoms. The summed E-state index contributed by atoms with van der Waals surface area (Å²) < 4.78 is 26.3. The van der Waals surface area contributed by atoms with Gasteiger partial charge in [-0.15, -0.1) is 0 Å². The molecule has 0 radical (unpaired) electrons. The Kier molecular flexibility index (Phi) is 2.95. The first kappa shape index (κ1) is 11.2. The number of rotatable bonds is 4. The van der Waals surface area contributed by atoms with Crippen LogP contribution in [0.1, 0.15) is 6.42 Å². The van der Waals surface area contributed by atoms with E-state index in [4.69, 9.17) is 16.1 Å². The van der Waals surface area contributed by atoms with Gasteiger partial charge in [0.1, 0.15) is 5.76 Å². The smallest absolute Gasteiger partial charge is 0.407 e. The molecule has 0 aliphatic heterocycles. The van der Waals surface area contributed by atoms with Crippen molar-refractivity contribution in [2.75, 3.05) is 14.2 Å². The van der Waals surface area contributed by atoms with Gasteiger partial charge in [-0.25, -0.2) is 4.57 Å². The van der Waals surface area contributed by atoms with Crippen molar-refractivity contribution in [3.63, 3.8) is 0 Å². The highest BCUT2D eigenvalue weighted by Gasteiger charge is 2.45. The summed E-state index contributed by atoms with van der Waals surface area (Å²) in [4.78, 5) is 0. The van der Waals surface area contributed by atoms with E-state index in [1.54, 1.807) is 0 Å². The predicted octanol–water partition coefficient (Wildman–Crippen LogP) is 3.06. The Morgan fingerprint density at radius 1 is 1.47 bits per heavy atom. The monoisotopic (exact) mass is 250 g/mol. The van der Waals surface area contributed by atoms with Crippen LogP contribution in [0, 0.1) is 11.8 Å². The summed E-state index contributed by atoms with van der Waals surface area (Å²) in [5.74, 6) is 0.971. The van der Waals surface area contributed by atoms with Crippen LogP contribution in [0.3, 0.4) is 0 Å².